The van der Waals surface area contributed by atoms with Crippen molar-refractivity contribution in [3.05, 3.63) is 23.8 Å². The van der Waals surface area contributed by atoms with E-state index in [1.54, 1.807) is 13.0 Å². The molecule has 0 aromatic carbocycles. The number of carbonyl (C=O) groups is 1. The van der Waals surface area contributed by atoms with Crippen molar-refractivity contribution in [2.24, 2.45) is 0 Å². The molecule has 0 atom stereocenters. The van der Waals surface area contributed by atoms with E-state index < -0.39 is 0 Å². The van der Waals surface area contributed by atoms with Crippen molar-refractivity contribution >= 4 is 5.97 Å². The Bertz CT molecular complexity index is 190. The zero-order valence-electron chi connectivity index (χ0n) is 7.96. The van der Waals surface area contributed by atoms with E-state index in [1.807, 2.05) is 26.0 Å². The summed E-state index contributed by atoms with van der Waals surface area (Å²) in [6.45, 7) is 6.09. The molecule has 0 saturated heterocycles. The van der Waals surface area contributed by atoms with Gasteiger partial charge in [0.05, 0.1) is 6.61 Å². The van der Waals surface area contributed by atoms with Crippen LogP contribution in [-0.2, 0) is 9.53 Å². The van der Waals surface area contributed by atoms with Crippen LogP contribution in [0.1, 0.15) is 27.2 Å². The fourth-order valence-corrected chi connectivity index (χ4v) is 0.766. The molecule has 0 amide bonds. The first-order valence-corrected chi connectivity index (χ1v) is 4.25. The Hall–Kier alpha value is -1.05. The molecule has 0 heterocycles. The van der Waals surface area contributed by atoms with Crippen LogP contribution in [0.3, 0.4) is 0 Å². The first-order chi connectivity index (χ1) is 5.76. The lowest BCUT2D eigenvalue weighted by atomic mass is 10.2. The Morgan fingerprint density at radius 2 is 2.08 bits per heavy atom. The van der Waals surface area contributed by atoms with Crippen molar-refractivity contribution in [2.75, 3.05) is 6.61 Å². The van der Waals surface area contributed by atoms with Crippen LogP contribution in [0.2, 0.25) is 0 Å². The molecule has 0 rings (SSSR count). The SMILES string of the molecule is CC=CC=C(CC)C(=O)OCC. The zero-order valence-corrected chi connectivity index (χ0v) is 7.96. The standard InChI is InChI=1S/C10H16O2/c1-4-7-8-9(5-2)10(11)12-6-3/h4,7-8H,5-6H2,1-3H3. The summed E-state index contributed by atoms with van der Waals surface area (Å²) in [4.78, 5) is 11.2. The molecule has 0 N–H and O–H groups in total. The van der Waals surface area contributed by atoms with Crippen LogP contribution >= 0.6 is 0 Å². The first kappa shape index (κ1) is 11.0. The van der Waals surface area contributed by atoms with Gasteiger partial charge in [-0.2, -0.15) is 0 Å². The van der Waals surface area contributed by atoms with Gasteiger partial charge in [-0.25, -0.2) is 4.79 Å². The van der Waals surface area contributed by atoms with Crippen molar-refractivity contribution in [1.29, 1.82) is 0 Å². The third kappa shape index (κ3) is 3.96. The molecule has 0 aliphatic heterocycles. The van der Waals surface area contributed by atoms with Crippen LogP contribution in [0, 0.1) is 0 Å². The van der Waals surface area contributed by atoms with Gasteiger partial charge >= 0.3 is 5.97 Å². The summed E-state index contributed by atoms with van der Waals surface area (Å²) in [6.07, 6.45) is 6.23. The Morgan fingerprint density at radius 1 is 1.42 bits per heavy atom. The molecule has 0 spiro atoms. The largest absolute Gasteiger partial charge is 0.463 e. The molecule has 0 bridgehead atoms. The van der Waals surface area contributed by atoms with Crippen LogP contribution < -0.4 is 0 Å². The lowest BCUT2D eigenvalue weighted by Gasteiger charge is -2.02. The van der Waals surface area contributed by atoms with Crippen molar-refractivity contribution in [3.8, 4) is 0 Å². The molecule has 2 nitrogen and oxygen atoms in total. The highest BCUT2D eigenvalue weighted by atomic mass is 16.5. The molecule has 12 heavy (non-hydrogen) atoms. The summed E-state index contributed by atoms with van der Waals surface area (Å²) >= 11 is 0. The predicted octanol–water partition coefficient (Wildman–Crippen LogP) is 2.46. The number of hydrogen-bond acceptors (Lipinski definition) is 2. The Kier molecular flexibility index (Phi) is 6.07. The van der Waals surface area contributed by atoms with E-state index in [9.17, 15) is 4.79 Å². The quantitative estimate of drug-likeness (QED) is 0.366. The number of hydrogen-bond donors (Lipinski definition) is 0. The molecule has 2 heteroatoms. The van der Waals surface area contributed by atoms with Gasteiger partial charge in [0.15, 0.2) is 0 Å². The summed E-state index contributed by atoms with van der Waals surface area (Å²) in [5.74, 6) is -0.210. The van der Waals surface area contributed by atoms with Gasteiger partial charge in [-0.3, -0.25) is 0 Å². The summed E-state index contributed by atoms with van der Waals surface area (Å²) in [7, 11) is 0. The van der Waals surface area contributed by atoms with Crippen molar-refractivity contribution in [3.63, 3.8) is 0 Å². The third-order valence-corrected chi connectivity index (χ3v) is 1.41. The summed E-state index contributed by atoms with van der Waals surface area (Å²) in [5.41, 5.74) is 0.718. The van der Waals surface area contributed by atoms with Gasteiger partial charge in [0.25, 0.3) is 0 Å². The van der Waals surface area contributed by atoms with E-state index in [0.717, 1.165) is 5.57 Å². The van der Waals surface area contributed by atoms with Gasteiger partial charge in [0.2, 0.25) is 0 Å². The van der Waals surface area contributed by atoms with Crippen molar-refractivity contribution in [1.82, 2.24) is 0 Å². The Morgan fingerprint density at radius 3 is 2.50 bits per heavy atom. The number of carbonyl (C=O) groups excluding carboxylic acids is 1. The second kappa shape index (κ2) is 6.65. The molecule has 0 saturated carbocycles. The number of esters is 1. The molecule has 0 aromatic rings. The molecular weight excluding hydrogens is 152 g/mol. The van der Waals surface area contributed by atoms with Crippen LogP contribution in [0.25, 0.3) is 0 Å². The maximum Gasteiger partial charge on any atom is 0.333 e. The lowest BCUT2D eigenvalue weighted by Crippen LogP contribution is -2.06. The highest BCUT2D eigenvalue weighted by Gasteiger charge is 2.05. The lowest BCUT2D eigenvalue weighted by molar-refractivity contribution is -0.138. The molecule has 0 aliphatic rings. The fourth-order valence-electron chi connectivity index (χ4n) is 0.766. The average molecular weight is 168 g/mol. The normalized spacial score (nSPS) is 12.1. The summed E-state index contributed by atoms with van der Waals surface area (Å²) < 4.78 is 4.85. The van der Waals surface area contributed by atoms with Gasteiger partial charge in [-0.15, -0.1) is 0 Å². The van der Waals surface area contributed by atoms with Crippen molar-refractivity contribution in [2.45, 2.75) is 27.2 Å². The van der Waals surface area contributed by atoms with E-state index in [-0.39, 0.29) is 5.97 Å². The highest BCUT2D eigenvalue weighted by Crippen LogP contribution is 2.03. The Balaban J connectivity index is 4.23. The maximum absolute atomic E-state index is 11.2. The average Bonchev–Trinajstić information content (AvgIpc) is 2.06. The van der Waals surface area contributed by atoms with Gasteiger partial charge in [-0.05, 0) is 20.3 Å². The second-order valence-corrected chi connectivity index (χ2v) is 2.29. The number of allylic oxidation sites excluding steroid dienone is 3. The van der Waals surface area contributed by atoms with Gasteiger partial charge < -0.3 is 4.74 Å². The fraction of sp³-hybridized carbons (Fsp3) is 0.500. The Labute approximate surface area is 73.9 Å². The van der Waals surface area contributed by atoms with Gasteiger partial charge in [0.1, 0.15) is 0 Å². The molecule has 0 radical (unpaired) electrons. The predicted molar refractivity (Wildman–Crippen MR) is 49.8 cm³/mol. The van der Waals surface area contributed by atoms with Crippen molar-refractivity contribution < 1.29 is 9.53 Å². The van der Waals surface area contributed by atoms with Gasteiger partial charge in [-0.1, -0.05) is 25.2 Å². The smallest absolute Gasteiger partial charge is 0.333 e. The van der Waals surface area contributed by atoms with E-state index in [0.29, 0.717) is 13.0 Å². The maximum atomic E-state index is 11.2. The number of rotatable bonds is 4. The summed E-state index contributed by atoms with van der Waals surface area (Å²) in [6, 6.07) is 0. The van der Waals surface area contributed by atoms with Gasteiger partial charge in [0, 0.05) is 5.57 Å². The van der Waals surface area contributed by atoms with E-state index in [1.165, 1.54) is 0 Å². The van der Waals surface area contributed by atoms with Crippen LogP contribution in [-0.4, -0.2) is 12.6 Å². The van der Waals surface area contributed by atoms with E-state index in [2.05, 4.69) is 0 Å². The highest BCUT2D eigenvalue weighted by molar-refractivity contribution is 5.88. The number of ether oxygens (including phenoxy) is 1. The van der Waals surface area contributed by atoms with Crippen LogP contribution in [0.15, 0.2) is 23.8 Å². The molecule has 68 valence electrons. The molecule has 0 aliphatic carbocycles. The van der Waals surface area contributed by atoms with E-state index in [4.69, 9.17) is 4.74 Å². The second-order valence-electron chi connectivity index (χ2n) is 2.29. The minimum absolute atomic E-state index is 0.210. The third-order valence-electron chi connectivity index (χ3n) is 1.41. The van der Waals surface area contributed by atoms with Crippen LogP contribution in [0.4, 0.5) is 0 Å². The molecule has 0 unspecified atom stereocenters. The van der Waals surface area contributed by atoms with E-state index >= 15 is 0 Å². The minimum Gasteiger partial charge on any atom is -0.463 e. The first-order valence-electron chi connectivity index (χ1n) is 4.25. The monoisotopic (exact) mass is 168 g/mol. The molecule has 0 fully saturated rings. The minimum atomic E-state index is -0.210. The molecular formula is C10H16O2. The molecule has 0 aromatic heterocycles. The topological polar surface area (TPSA) is 26.3 Å². The summed E-state index contributed by atoms with van der Waals surface area (Å²) in [5, 5.41) is 0. The zero-order chi connectivity index (χ0) is 9.40. The van der Waals surface area contributed by atoms with Crippen LogP contribution in [0.5, 0.6) is 0 Å².